The molecule has 0 aromatic heterocycles. The van der Waals surface area contributed by atoms with E-state index < -0.39 is 0 Å². The van der Waals surface area contributed by atoms with E-state index in [9.17, 15) is 4.79 Å². The van der Waals surface area contributed by atoms with Crippen molar-refractivity contribution < 1.29 is 4.79 Å². The molecule has 1 heterocycles. The number of piperidine rings is 1. The van der Waals surface area contributed by atoms with Gasteiger partial charge in [0.2, 0.25) is 5.91 Å². The van der Waals surface area contributed by atoms with Crippen LogP contribution in [-0.4, -0.2) is 32.6 Å². The molecule has 2 rings (SSSR count). The third-order valence-corrected chi connectivity index (χ3v) is 3.70. The van der Waals surface area contributed by atoms with Crippen LogP contribution in [0.3, 0.4) is 0 Å². The summed E-state index contributed by atoms with van der Waals surface area (Å²) in [4.78, 5) is 14.2. The van der Waals surface area contributed by atoms with Crippen molar-refractivity contribution in [1.29, 1.82) is 0 Å². The molecule has 1 unspecified atom stereocenters. The number of carbonyl (C=O) groups excluding carboxylic acids is 1. The van der Waals surface area contributed by atoms with Gasteiger partial charge in [0.05, 0.1) is 0 Å². The standard InChI is InChI=1S/C15H23N3O/c1-16-11-12-6-8-13(9-7-12)18-10-4-3-5-14(18)15(19)17-2/h6-9,14,16H,3-5,10-11H2,1-2H3,(H,17,19). The van der Waals surface area contributed by atoms with E-state index in [1.54, 1.807) is 7.05 Å². The average molecular weight is 261 g/mol. The number of hydrogen-bond acceptors (Lipinski definition) is 3. The molecular formula is C15H23N3O. The number of likely N-dealkylation sites (N-methyl/N-ethyl adjacent to an activating group) is 1. The molecule has 1 aliphatic rings. The molecule has 1 saturated heterocycles. The Morgan fingerprint density at radius 3 is 2.63 bits per heavy atom. The molecule has 0 spiro atoms. The first-order chi connectivity index (χ1) is 9.26. The first kappa shape index (κ1) is 13.9. The number of carbonyl (C=O) groups is 1. The van der Waals surface area contributed by atoms with Crippen LogP contribution in [0.15, 0.2) is 24.3 Å². The summed E-state index contributed by atoms with van der Waals surface area (Å²) in [7, 11) is 3.66. The Bertz CT molecular complexity index is 416. The number of rotatable bonds is 4. The maximum atomic E-state index is 12.0. The van der Waals surface area contributed by atoms with Crippen molar-refractivity contribution in [2.75, 3.05) is 25.5 Å². The molecule has 1 fully saturated rings. The number of anilines is 1. The second-order valence-electron chi connectivity index (χ2n) is 5.02. The molecule has 4 nitrogen and oxygen atoms in total. The van der Waals surface area contributed by atoms with Crippen molar-refractivity contribution in [3.63, 3.8) is 0 Å². The summed E-state index contributed by atoms with van der Waals surface area (Å²) in [6.45, 7) is 1.84. The van der Waals surface area contributed by atoms with Gasteiger partial charge in [-0.05, 0) is 44.0 Å². The Hall–Kier alpha value is -1.55. The normalized spacial score (nSPS) is 19.3. The fourth-order valence-electron chi connectivity index (χ4n) is 2.69. The van der Waals surface area contributed by atoms with Crippen molar-refractivity contribution in [1.82, 2.24) is 10.6 Å². The van der Waals surface area contributed by atoms with Crippen LogP contribution in [-0.2, 0) is 11.3 Å². The van der Waals surface area contributed by atoms with Gasteiger partial charge in [0.15, 0.2) is 0 Å². The molecule has 0 saturated carbocycles. The minimum Gasteiger partial charge on any atom is -0.360 e. The molecule has 104 valence electrons. The van der Waals surface area contributed by atoms with E-state index in [-0.39, 0.29) is 11.9 Å². The van der Waals surface area contributed by atoms with Crippen LogP contribution in [0.4, 0.5) is 5.69 Å². The molecule has 1 aliphatic heterocycles. The first-order valence-corrected chi connectivity index (χ1v) is 6.98. The van der Waals surface area contributed by atoms with Crippen molar-refractivity contribution in [3.05, 3.63) is 29.8 Å². The topological polar surface area (TPSA) is 44.4 Å². The summed E-state index contributed by atoms with van der Waals surface area (Å²) >= 11 is 0. The fourth-order valence-corrected chi connectivity index (χ4v) is 2.69. The largest absolute Gasteiger partial charge is 0.360 e. The van der Waals surface area contributed by atoms with E-state index in [4.69, 9.17) is 0 Å². The summed E-state index contributed by atoms with van der Waals surface area (Å²) in [6.07, 6.45) is 3.23. The minimum atomic E-state index is -0.0195. The van der Waals surface area contributed by atoms with Crippen molar-refractivity contribution in [3.8, 4) is 0 Å². The third kappa shape index (κ3) is 3.26. The molecule has 0 radical (unpaired) electrons. The summed E-state index contributed by atoms with van der Waals surface area (Å²) in [6, 6.07) is 8.47. The molecular weight excluding hydrogens is 238 g/mol. The fraction of sp³-hybridized carbons (Fsp3) is 0.533. The predicted molar refractivity (Wildman–Crippen MR) is 78.3 cm³/mol. The molecule has 19 heavy (non-hydrogen) atoms. The maximum Gasteiger partial charge on any atom is 0.242 e. The Kier molecular flexibility index (Phi) is 4.80. The lowest BCUT2D eigenvalue weighted by Crippen LogP contribution is -2.48. The van der Waals surface area contributed by atoms with E-state index in [1.165, 1.54) is 5.56 Å². The number of nitrogens with one attached hydrogen (secondary N) is 2. The lowest BCUT2D eigenvalue weighted by Gasteiger charge is -2.36. The molecule has 0 aliphatic carbocycles. The molecule has 1 atom stereocenters. The van der Waals surface area contributed by atoms with Gasteiger partial charge in [-0.15, -0.1) is 0 Å². The van der Waals surface area contributed by atoms with Gasteiger partial charge in [0, 0.05) is 25.8 Å². The highest BCUT2D eigenvalue weighted by molar-refractivity contribution is 5.85. The second kappa shape index (κ2) is 6.57. The Labute approximate surface area is 115 Å². The van der Waals surface area contributed by atoms with E-state index >= 15 is 0 Å². The van der Waals surface area contributed by atoms with E-state index in [0.717, 1.165) is 38.0 Å². The minimum absolute atomic E-state index is 0.0195. The molecule has 2 N–H and O–H groups in total. The molecule has 1 aromatic carbocycles. The van der Waals surface area contributed by atoms with Crippen molar-refractivity contribution in [2.45, 2.75) is 31.8 Å². The highest BCUT2D eigenvalue weighted by Gasteiger charge is 2.27. The van der Waals surface area contributed by atoms with E-state index in [2.05, 4.69) is 39.8 Å². The summed E-state index contributed by atoms with van der Waals surface area (Å²) < 4.78 is 0. The zero-order valence-electron chi connectivity index (χ0n) is 11.8. The SMILES string of the molecule is CNCc1ccc(N2CCCCC2C(=O)NC)cc1. The first-order valence-electron chi connectivity index (χ1n) is 6.98. The highest BCUT2D eigenvalue weighted by Crippen LogP contribution is 2.25. The smallest absolute Gasteiger partial charge is 0.242 e. The quantitative estimate of drug-likeness (QED) is 0.863. The second-order valence-corrected chi connectivity index (χ2v) is 5.02. The maximum absolute atomic E-state index is 12.0. The predicted octanol–water partition coefficient (Wildman–Crippen LogP) is 1.51. The van der Waals surface area contributed by atoms with Gasteiger partial charge >= 0.3 is 0 Å². The molecule has 1 amide bonds. The van der Waals surface area contributed by atoms with Crippen molar-refractivity contribution in [2.24, 2.45) is 0 Å². The van der Waals surface area contributed by atoms with Crippen LogP contribution in [0.1, 0.15) is 24.8 Å². The van der Waals surface area contributed by atoms with Gasteiger partial charge in [-0.2, -0.15) is 0 Å². The average Bonchev–Trinajstić information content (AvgIpc) is 2.47. The summed E-state index contributed by atoms with van der Waals surface area (Å²) in [5.41, 5.74) is 2.41. The lowest BCUT2D eigenvalue weighted by atomic mass is 10.00. The van der Waals surface area contributed by atoms with Crippen molar-refractivity contribution >= 4 is 11.6 Å². The van der Waals surface area contributed by atoms with Gasteiger partial charge in [0.1, 0.15) is 6.04 Å². The van der Waals surface area contributed by atoms with Gasteiger partial charge < -0.3 is 15.5 Å². The Balaban J connectivity index is 2.15. The van der Waals surface area contributed by atoms with Crippen LogP contribution in [0.5, 0.6) is 0 Å². The molecule has 0 bridgehead atoms. The van der Waals surface area contributed by atoms with Crippen LogP contribution in [0.25, 0.3) is 0 Å². The zero-order chi connectivity index (χ0) is 13.7. The van der Waals surface area contributed by atoms with Gasteiger partial charge in [-0.25, -0.2) is 0 Å². The monoisotopic (exact) mass is 261 g/mol. The van der Waals surface area contributed by atoms with E-state index in [0.29, 0.717) is 0 Å². The molecule has 4 heteroatoms. The third-order valence-electron chi connectivity index (χ3n) is 3.70. The van der Waals surface area contributed by atoms with Gasteiger partial charge in [-0.3, -0.25) is 4.79 Å². The van der Waals surface area contributed by atoms with Gasteiger partial charge in [0.25, 0.3) is 0 Å². The number of hydrogen-bond donors (Lipinski definition) is 2. The van der Waals surface area contributed by atoms with Crippen LogP contribution in [0.2, 0.25) is 0 Å². The molecule has 1 aromatic rings. The lowest BCUT2D eigenvalue weighted by molar-refractivity contribution is -0.122. The van der Waals surface area contributed by atoms with Crippen LogP contribution >= 0.6 is 0 Å². The van der Waals surface area contributed by atoms with Gasteiger partial charge in [-0.1, -0.05) is 12.1 Å². The summed E-state index contributed by atoms with van der Waals surface area (Å²) in [5.74, 6) is 0.124. The summed E-state index contributed by atoms with van der Waals surface area (Å²) in [5, 5.41) is 5.92. The van der Waals surface area contributed by atoms with Crippen LogP contribution in [0, 0.1) is 0 Å². The van der Waals surface area contributed by atoms with Crippen LogP contribution < -0.4 is 15.5 Å². The highest BCUT2D eigenvalue weighted by atomic mass is 16.2. The van der Waals surface area contributed by atoms with E-state index in [1.807, 2.05) is 7.05 Å². The number of nitrogens with zero attached hydrogens (tertiary/aromatic N) is 1. The Morgan fingerprint density at radius 1 is 1.26 bits per heavy atom. The Morgan fingerprint density at radius 2 is 2.00 bits per heavy atom. The number of benzene rings is 1. The zero-order valence-corrected chi connectivity index (χ0v) is 11.8. The number of amides is 1.